The average molecular weight is 379 g/mol. The summed E-state index contributed by atoms with van der Waals surface area (Å²) < 4.78 is 41.4. The van der Waals surface area contributed by atoms with E-state index >= 15 is 0 Å². The van der Waals surface area contributed by atoms with E-state index in [1.165, 1.54) is 6.07 Å². The molecule has 1 fully saturated rings. The molecule has 2 unspecified atom stereocenters. The molecule has 0 aromatic heterocycles. The summed E-state index contributed by atoms with van der Waals surface area (Å²) in [6.45, 7) is 2.28. The maximum atomic E-state index is 13.1. The summed E-state index contributed by atoms with van der Waals surface area (Å²) in [6.07, 6.45) is 3.71. The lowest BCUT2D eigenvalue weighted by molar-refractivity contribution is 0.191. The first-order chi connectivity index (χ1) is 9.81. The first kappa shape index (κ1) is 16.9. The van der Waals surface area contributed by atoms with E-state index in [9.17, 15) is 12.8 Å². The van der Waals surface area contributed by atoms with Crippen molar-refractivity contribution in [1.29, 1.82) is 0 Å². The molecule has 2 atom stereocenters. The molecule has 1 aromatic carbocycles. The van der Waals surface area contributed by atoms with Crippen LogP contribution in [-0.4, -0.2) is 20.5 Å². The number of hydrogen-bond acceptors (Lipinski definition) is 3. The monoisotopic (exact) mass is 378 g/mol. The Morgan fingerprint density at radius 3 is 2.76 bits per heavy atom. The molecule has 1 aromatic rings. The highest BCUT2D eigenvalue weighted by atomic mass is 79.9. The SMILES string of the molecule is CC1CCCCC1(CN)NS(=O)(=O)c1ccc(F)cc1Br. The highest BCUT2D eigenvalue weighted by molar-refractivity contribution is 9.10. The van der Waals surface area contributed by atoms with Crippen molar-refractivity contribution in [2.75, 3.05) is 6.54 Å². The van der Waals surface area contributed by atoms with Gasteiger partial charge in [-0.15, -0.1) is 0 Å². The molecule has 0 spiro atoms. The standard InChI is InChI=1S/C14H20BrFN2O2S/c1-10-4-2-3-7-14(10,9-17)18-21(19,20)13-6-5-11(16)8-12(13)15/h5-6,8,10,18H,2-4,7,9,17H2,1H3. The third kappa shape index (κ3) is 3.47. The van der Waals surface area contributed by atoms with Crippen LogP contribution in [0.4, 0.5) is 4.39 Å². The number of nitrogens with two attached hydrogens (primary N) is 1. The van der Waals surface area contributed by atoms with Crippen LogP contribution in [0.2, 0.25) is 0 Å². The molecule has 1 aliphatic carbocycles. The second-order valence-corrected chi connectivity index (χ2v) is 8.19. The fourth-order valence-corrected chi connectivity index (χ4v) is 5.51. The summed E-state index contributed by atoms with van der Waals surface area (Å²) in [4.78, 5) is 0.0366. The second kappa shape index (κ2) is 6.32. The molecule has 0 amide bonds. The number of benzene rings is 1. The molecule has 2 rings (SSSR count). The Balaban J connectivity index is 2.35. The van der Waals surface area contributed by atoms with Crippen LogP contribution in [-0.2, 0) is 10.0 Å². The van der Waals surface area contributed by atoms with Gasteiger partial charge in [-0.2, -0.15) is 0 Å². The molecule has 1 aliphatic rings. The van der Waals surface area contributed by atoms with Crippen molar-refractivity contribution in [2.24, 2.45) is 11.7 Å². The van der Waals surface area contributed by atoms with Crippen molar-refractivity contribution < 1.29 is 12.8 Å². The van der Waals surface area contributed by atoms with Gasteiger partial charge in [-0.05, 0) is 52.9 Å². The molecule has 118 valence electrons. The lowest BCUT2D eigenvalue weighted by Gasteiger charge is -2.42. The summed E-state index contributed by atoms with van der Waals surface area (Å²) in [5.74, 6) is -0.314. The molecule has 0 heterocycles. The van der Waals surface area contributed by atoms with Gasteiger partial charge in [0.2, 0.25) is 10.0 Å². The van der Waals surface area contributed by atoms with Crippen LogP contribution in [0.25, 0.3) is 0 Å². The molecule has 4 nitrogen and oxygen atoms in total. The van der Waals surface area contributed by atoms with E-state index in [0.717, 1.165) is 37.8 Å². The van der Waals surface area contributed by atoms with Crippen molar-refractivity contribution in [1.82, 2.24) is 4.72 Å². The van der Waals surface area contributed by atoms with E-state index in [1.54, 1.807) is 0 Å². The number of halogens is 2. The third-order valence-electron chi connectivity index (χ3n) is 4.34. The topological polar surface area (TPSA) is 72.2 Å². The van der Waals surface area contributed by atoms with Crippen LogP contribution in [0.15, 0.2) is 27.6 Å². The molecule has 0 saturated heterocycles. The minimum absolute atomic E-state index is 0.0366. The van der Waals surface area contributed by atoms with E-state index in [-0.39, 0.29) is 21.8 Å². The maximum absolute atomic E-state index is 13.1. The zero-order valence-corrected chi connectivity index (χ0v) is 14.3. The Morgan fingerprint density at radius 1 is 1.48 bits per heavy atom. The van der Waals surface area contributed by atoms with Gasteiger partial charge in [0.25, 0.3) is 0 Å². The van der Waals surface area contributed by atoms with Crippen LogP contribution < -0.4 is 10.5 Å². The van der Waals surface area contributed by atoms with Gasteiger partial charge in [0.05, 0.1) is 4.90 Å². The first-order valence-corrected chi connectivity index (χ1v) is 9.27. The van der Waals surface area contributed by atoms with E-state index in [0.29, 0.717) is 0 Å². The van der Waals surface area contributed by atoms with Crippen LogP contribution >= 0.6 is 15.9 Å². The minimum Gasteiger partial charge on any atom is -0.329 e. The van der Waals surface area contributed by atoms with Gasteiger partial charge in [0.15, 0.2) is 0 Å². The lowest BCUT2D eigenvalue weighted by atomic mass is 9.74. The molecule has 1 saturated carbocycles. The molecule has 3 N–H and O–H groups in total. The van der Waals surface area contributed by atoms with Crippen LogP contribution in [0.3, 0.4) is 0 Å². The van der Waals surface area contributed by atoms with Crippen molar-refractivity contribution >= 4 is 26.0 Å². The number of rotatable bonds is 4. The van der Waals surface area contributed by atoms with Crippen LogP contribution in [0.5, 0.6) is 0 Å². The Morgan fingerprint density at radius 2 is 2.19 bits per heavy atom. The van der Waals surface area contributed by atoms with Gasteiger partial charge in [0.1, 0.15) is 5.82 Å². The minimum atomic E-state index is -3.75. The summed E-state index contributed by atoms with van der Waals surface area (Å²) in [6, 6.07) is 3.55. The number of hydrogen-bond donors (Lipinski definition) is 2. The zero-order chi connectivity index (χ0) is 15.7. The van der Waals surface area contributed by atoms with Gasteiger partial charge >= 0.3 is 0 Å². The maximum Gasteiger partial charge on any atom is 0.242 e. The van der Waals surface area contributed by atoms with Gasteiger partial charge in [0, 0.05) is 16.6 Å². The summed E-state index contributed by atoms with van der Waals surface area (Å²) in [5.41, 5.74) is 5.26. The van der Waals surface area contributed by atoms with E-state index < -0.39 is 21.4 Å². The summed E-state index contributed by atoms with van der Waals surface area (Å²) >= 11 is 3.11. The Kier molecular flexibility index (Phi) is 5.07. The van der Waals surface area contributed by atoms with Crippen molar-refractivity contribution in [3.05, 3.63) is 28.5 Å². The fourth-order valence-electron chi connectivity index (χ4n) is 2.93. The Labute approximate surface area is 133 Å². The molecule has 0 radical (unpaired) electrons. The van der Waals surface area contributed by atoms with Gasteiger partial charge < -0.3 is 5.73 Å². The van der Waals surface area contributed by atoms with Crippen molar-refractivity contribution in [2.45, 2.75) is 43.0 Å². The largest absolute Gasteiger partial charge is 0.329 e. The predicted octanol–water partition coefficient (Wildman–Crippen LogP) is 2.77. The van der Waals surface area contributed by atoms with E-state index in [1.807, 2.05) is 6.92 Å². The molecular formula is C14H20BrFN2O2S. The molecule has 7 heteroatoms. The molecular weight excluding hydrogens is 359 g/mol. The quantitative estimate of drug-likeness (QED) is 0.845. The zero-order valence-electron chi connectivity index (χ0n) is 11.9. The van der Waals surface area contributed by atoms with Gasteiger partial charge in [-0.25, -0.2) is 17.5 Å². The molecule has 0 bridgehead atoms. The Bertz CT molecular complexity index is 623. The molecule has 0 aliphatic heterocycles. The normalized spacial score (nSPS) is 26.8. The Hall–Kier alpha value is -0.500. The lowest BCUT2D eigenvalue weighted by Crippen LogP contribution is -2.58. The van der Waals surface area contributed by atoms with E-state index in [2.05, 4.69) is 20.7 Å². The summed E-state index contributed by atoms with van der Waals surface area (Å²) in [5, 5.41) is 0. The van der Waals surface area contributed by atoms with Crippen molar-refractivity contribution in [3.63, 3.8) is 0 Å². The third-order valence-corrected chi connectivity index (χ3v) is 6.87. The second-order valence-electron chi connectivity index (χ2n) is 5.69. The number of nitrogens with one attached hydrogen (secondary N) is 1. The average Bonchev–Trinajstić information content (AvgIpc) is 2.40. The van der Waals surface area contributed by atoms with Gasteiger partial charge in [-0.3, -0.25) is 0 Å². The highest BCUT2D eigenvalue weighted by Crippen LogP contribution is 2.35. The van der Waals surface area contributed by atoms with Crippen LogP contribution in [0.1, 0.15) is 32.6 Å². The number of sulfonamides is 1. The summed E-state index contributed by atoms with van der Waals surface area (Å²) in [7, 11) is -3.75. The highest BCUT2D eigenvalue weighted by Gasteiger charge is 2.40. The smallest absolute Gasteiger partial charge is 0.242 e. The fraction of sp³-hybridized carbons (Fsp3) is 0.571. The van der Waals surface area contributed by atoms with E-state index in [4.69, 9.17) is 5.73 Å². The predicted molar refractivity (Wildman–Crippen MR) is 83.8 cm³/mol. The molecule has 21 heavy (non-hydrogen) atoms. The van der Waals surface area contributed by atoms with Crippen LogP contribution in [0, 0.1) is 11.7 Å². The van der Waals surface area contributed by atoms with Crippen molar-refractivity contribution in [3.8, 4) is 0 Å². The first-order valence-electron chi connectivity index (χ1n) is 7.00. The van der Waals surface area contributed by atoms with Gasteiger partial charge in [-0.1, -0.05) is 19.8 Å².